The van der Waals surface area contributed by atoms with Crippen molar-refractivity contribution in [2.45, 2.75) is 49.3 Å². The molecular weight excluding hydrogens is 373 g/mol. The summed E-state index contributed by atoms with van der Waals surface area (Å²) in [5.74, 6) is -0.323. The number of nitrogens with zero attached hydrogens (tertiary/aromatic N) is 1. The van der Waals surface area contributed by atoms with Gasteiger partial charge in [-0.1, -0.05) is 12.8 Å². The van der Waals surface area contributed by atoms with Crippen molar-refractivity contribution in [2.24, 2.45) is 0 Å². The lowest BCUT2D eigenvalue weighted by molar-refractivity contribution is -0.124. The van der Waals surface area contributed by atoms with Crippen molar-refractivity contribution >= 4 is 40.6 Å². The predicted octanol–water partition coefficient (Wildman–Crippen LogP) is 0.987. The molecule has 0 aromatic heterocycles. The van der Waals surface area contributed by atoms with E-state index in [4.69, 9.17) is 0 Å². The molecule has 0 aromatic carbocycles. The fraction of sp³-hybridized carbons (Fsp3) is 0.933. The smallest absolute Gasteiger partial charge is 0.241 e. The molecule has 0 unspecified atom stereocenters. The number of nitrogens with one attached hydrogen (secondary N) is 2. The van der Waals surface area contributed by atoms with Gasteiger partial charge in [0.2, 0.25) is 5.91 Å². The van der Waals surface area contributed by atoms with Crippen LogP contribution in [0, 0.1) is 0 Å². The van der Waals surface area contributed by atoms with E-state index in [1.54, 1.807) is 0 Å². The monoisotopic (exact) mass is 403 g/mol. The van der Waals surface area contributed by atoms with Crippen LogP contribution in [0.15, 0.2) is 0 Å². The highest BCUT2D eigenvalue weighted by molar-refractivity contribution is 7.92. The third-order valence-corrected chi connectivity index (χ3v) is 7.25. The first kappa shape index (κ1) is 23.9. The highest BCUT2D eigenvalue weighted by Crippen LogP contribution is 2.28. The molecule has 2 aliphatic rings. The van der Waals surface area contributed by atoms with Crippen LogP contribution in [0.1, 0.15) is 38.5 Å². The van der Waals surface area contributed by atoms with E-state index in [0.717, 1.165) is 6.54 Å². The van der Waals surface area contributed by atoms with E-state index in [2.05, 4.69) is 22.6 Å². The molecule has 144 valence electrons. The van der Waals surface area contributed by atoms with Gasteiger partial charge in [-0.2, -0.15) is 0 Å². The van der Waals surface area contributed by atoms with E-state index in [-0.39, 0.29) is 30.7 Å². The highest BCUT2D eigenvalue weighted by atomic mass is 35.5. The number of rotatable bonds is 6. The Bertz CT molecular complexity index is 490. The first-order chi connectivity index (χ1) is 10.4. The van der Waals surface area contributed by atoms with E-state index < -0.39 is 14.6 Å². The molecule has 1 saturated carbocycles. The third-order valence-electron chi connectivity index (χ3n) is 5.23. The minimum atomic E-state index is -3.42. The average molecular weight is 404 g/mol. The topological polar surface area (TPSA) is 78.5 Å². The van der Waals surface area contributed by atoms with Crippen LogP contribution in [0.2, 0.25) is 0 Å². The number of carbonyl (C=O) groups excluding carboxylic acids is 1. The maximum Gasteiger partial charge on any atom is 0.241 e. The number of hydrogen-bond acceptors (Lipinski definition) is 5. The summed E-state index contributed by atoms with van der Waals surface area (Å²) in [7, 11) is -1.34. The maximum atomic E-state index is 12.5. The van der Waals surface area contributed by atoms with Crippen molar-refractivity contribution < 1.29 is 13.2 Å². The van der Waals surface area contributed by atoms with Crippen molar-refractivity contribution in [1.29, 1.82) is 0 Å². The zero-order valence-electron chi connectivity index (χ0n) is 14.5. The molecule has 0 aromatic rings. The molecule has 24 heavy (non-hydrogen) atoms. The van der Waals surface area contributed by atoms with Gasteiger partial charge in [0.1, 0.15) is 0 Å². The third kappa shape index (κ3) is 5.46. The van der Waals surface area contributed by atoms with Gasteiger partial charge in [-0.05, 0) is 45.8 Å². The number of carbonyl (C=O) groups is 1. The van der Waals surface area contributed by atoms with Gasteiger partial charge in [-0.3, -0.25) is 4.79 Å². The van der Waals surface area contributed by atoms with Gasteiger partial charge in [-0.15, -0.1) is 24.8 Å². The molecule has 0 radical (unpaired) electrons. The van der Waals surface area contributed by atoms with Crippen molar-refractivity contribution in [3.8, 4) is 0 Å². The summed E-state index contributed by atoms with van der Waals surface area (Å²) < 4.78 is 23.1. The van der Waals surface area contributed by atoms with Crippen molar-refractivity contribution in [1.82, 2.24) is 15.5 Å². The quantitative estimate of drug-likeness (QED) is 0.690. The lowest BCUT2D eigenvalue weighted by Gasteiger charge is -2.34. The largest absolute Gasteiger partial charge is 0.353 e. The Labute approximate surface area is 158 Å². The summed E-state index contributed by atoms with van der Waals surface area (Å²) in [5.41, 5.74) is 0. The van der Waals surface area contributed by atoms with Crippen LogP contribution in [-0.2, 0) is 14.6 Å². The minimum Gasteiger partial charge on any atom is -0.353 e. The Balaban J connectivity index is 0.00000264. The zero-order chi connectivity index (χ0) is 16.2. The van der Waals surface area contributed by atoms with Crippen LogP contribution in [0.4, 0.5) is 0 Å². The molecule has 1 aliphatic carbocycles. The molecule has 9 heteroatoms. The molecule has 1 aliphatic heterocycles. The molecule has 1 heterocycles. The second kappa shape index (κ2) is 10.2. The second-order valence-corrected chi connectivity index (χ2v) is 9.02. The molecule has 0 spiro atoms. The van der Waals surface area contributed by atoms with Crippen molar-refractivity contribution in [2.75, 3.05) is 39.5 Å². The maximum absolute atomic E-state index is 12.5. The molecule has 6 nitrogen and oxygen atoms in total. The summed E-state index contributed by atoms with van der Waals surface area (Å²) in [4.78, 5) is 14.8. The van der Waals surface area contributed by atoms with E-state index in [0.29, 0.717) is 38.5 Å². The Hall–Kier alpha value is -0.0800. The molecule has 0 atom stereocenters. The van der Waals surface area contributed by atoms with Crippen LogP contribution in [-0.4, -0.2) is 69.5 Å². The second-order valence-electron chi connectivity index (χ2n) is 6.69. The van der Waals surface area contributed by atoms with Crippen LogP contribution < -0.4 is 10.6 Å². The first-order valence-electron chi connectivity index (χ1n) is 8.26. The Morgan fingerprint density at radius 1 is 1.21 bits per heavy atom. The molecular formula is C15H31Cl2N3O3S. The van der Waals surface area contributed by atoms with Gasteiger partial charge >= 0.3 is 0 Å². The van der Waals surface area contributed by atoms with Gasteiger partial charge in [0, 0.05) is 25.4 Å². The first-order valence-corrected chi connectivity index (χ1v) is 10.1. The summed E-state index contributed by atoms with van der Waals surface area (Å²) >= 11 is 0. The number of amides is 1. The van der Waals surface area contributed by atoms with Crippen molar-refractivity contribution in [3.05, 3.63) is 0 Å². The summed E-state index contributed by atoms with van der Waals surface area (Å²) in [6, 6.07) is 0.611. The zero-order valence-corrected chi connectivity index (χ0v) is 17.0. The van der Waals surface area contributed by atoms with E-state index in [9.17, 15) is 13.2 Å². The molecule has 2 rings (SSSR count). The van der Waals surface area contributed by atoms with Crippen LogP contribution in [0.5, 0.6) is 0 Å². The molecule has 1 amide bonds. The molecule has 0 bridgehead atoms. The minimum absolute atomic E-state index is 0. The lowest BCUT2D eigenvalue weighted by atomic mass is 9.96. The van der Waals surface area contributed by atoms with E-state index in [1.807, 2.05) is 0 Å². The molecule has 2 N–H and O–H groups in total. The molecule has 1 saturated heterocycles. The summed E-state index contributed by atoms with van der Waals surface area (Å²) in [5, 5.41) is 5.99. The lowest BCUT2D eigenvalue weighted by Crippen LogP contribution is -2.57. The fourth-order valence-electron chi connectivity index (χ4n) is 3.63. The van der Waals surface area contributed by atoms with Gasteiger partial charge in [0.05, 0.1) is 0 Å². The van der Waals surface area contributed by atoms with Crippen LogP contribution >= 0.6 is 24.8 Å². The van der Waals surface area contributed by atoms with Gasteiger partial charge < -0.3 is 15.5 Å². The Kier molecular flexibility index (Phi) is 10.1. The predicted molar refractivity (Wildman–Crippen MR) is 102 cm³/mol. The van der Waals surface area contributed by atoms with Gasteiger partial charge in [0.25, 0.3) is 0 Å². The van der Waals surface area contributed by atoms with Gasteiger partial charge in [0.15, 0.2) is 14.6 Å². The van der Waals surface area contributed by atoms with Crippen molar-refractivity contribution in [3.63, 3.8) is 0 Å². The number of sulfone groups is 1. The highest BCUT2D eigenvalue weighted by Gasteiger charge is 2.48. The van der Waals surface area contributed by atoms with Gasteiger partial charge in [-0.25, -0.2) is 8.42 Å². The Morgan fingerprint density at radius 2 is 1.75 bits per heavy atom. The summed E-state index contributed by atoms with van der Waals surface area (Å²) in [6.45, 7) is 2.43. The SMILES string of the molecule is CN(CCNC(=O)C1(S(C)(=O)=O)CCNCC1)C1CCCC1.Cl.Cl. The molecule has 2 fully saturated rings. The number of likely N-dealkylation sites (N-methyl/N-ethyl adjacent to an activating group) is 1. The number of piperidine rings is 1. The summed E-state index contributed by atoms with van der Waals surface area (Å²) in [6.07, 6.45) is 6.92. The standard InChI is InChI=1S/C15H29N3O3S.2ClH/c1-18(13-5-3-4-6-13)12-11-17-14(19)15(22(2,20)21)7-9-16-10-8-15;;/h13,16H,3-12H2,1-2H3,(H,17,19);2*1H. The number of hydrogen-bond donors (Lipinski definition) is 2. The van der Waals surface area contributed by atoms with E-state index >= 15 is 0 Å². The average Bonchev–Trinajstić information content (AvgIpc) is 3.01. The van der Waals surface area contributed by atoms with E-state index in [1.165, 1.54) is 31.9 Å². The van der Waals surface area contributed by atoms with Crippen LogP contribution in [0.25, 0.3) is 0 Å². The van der Waals surface area contributed by atoms with Crippen LogP contribution in [0.3, 0.4) is 0 Å². The number of halogens is 2. The fourth-order valence-corrected chi connectivity index (χ4v) is 4.99. The normalized spacial score (nSPS) is 21.0. The Morgan fingerprint density at radius 3 is 2.25 bits per heavy atom.